The van der Waals surface area contributed by atoms with Crippen molar-refractivity contribution in [1.29, 1.82) is 0 Å². The van der Waals surface area contributed by atoms with Crippen molar-refractivity contribution < 1.29 is 9.59 Å². The summed E-state index contributed by atoms with van der Waals surface area (Å²) in [7, 11) is 1.52. The summed E-state index contributed by atoms with van der Waals surface area (Å²) in [6.07, 6.45) is 0. The Morgan fingerprint density at radius 1 is 1.54 bits per heavy atom. The van der Waals surface area contributed by atoms with Crippen LogP contribution in [0.4, 0.5) is 4.79 Å². The lowest BCUT2D eigenvalue weighted by molar-refractivity contribution is -0.128. The first-order chi connectivity index (χ1) is 6.24. The van der Waals surface area contributed by atoms with Crippen LogP contribution in [0, 0.1) is 0 Å². The van der Waals surface area contributed by atoms with E-state index in [9.17, 15) is 9.59 Å². The number of rotatable bonds is 2. The van der Waals surface area contributed by atoms with Gasteiger partial charge in [0.2, 0.25) is 5.91 Å². The van der Waals surface area contributed by atoms with Crippen molar-refractivity contribution in [2.75, 3.05) is 31.8 Å². The van der Waals surface area contributed by atoms with Gasteiger partial charge in [-0.25, -0.2) is 4.79 Å². The molecule has 0 spiro atoms. The van der Waals surface area contributed by atoms with Crippen LogP contribution in [0.2, 0.25) is 0 Å². The Kier molecular flexibility index (Phi) is 3.88. The fourth-order valence-corrected chi connectivity index (χ4v) is 1.94. The van der Waals surface area contributed by atoms with Gasteiger partial charge in [-0.1, -0.05) is 0 Å². The minimum atomic E-state index is -0.319. The molecule has 74 valence electrons. The van der Waals surface area contributed by atoms with E-state index >= 15 is 0 Å². The van der Waals surface area contributed by atoms with E-state index in [1.165, 1.54) is 7.05 Å². The number of nitrogens with zero attached hydrogens (tertiary/aromatic N) is 1. The average Bonchev–Trinajstić information content (AvgIpc) is 2.66. The van der Waals surface area contributed by atoms with Crippen molar-refractivity contribution in [3.05, 3.63) is 0 Å². The number of urea groups is 1. The van der Waals surface area contributed by atoms with Gasteiger partial charge in [0, 0.05) is 19.3 Å². The largest absolute Gasteiger partial charge is 0.341 e. The summed E-state index contributed by atoms with van der Waals surface area (Å²) >= 11 is 1.73. The van der Waals surface area contributed by atoms with Gasteiger partial charge in [-0.15, -0.1) is 11.8 Å². The van der Waals surface area contributed by atoms with Crippen molar-refractivity contribution >= 4 is 23.7 Å². The molecule has 0 atom stereocenters. The topological polar surface area (TPSA) is 61.4 Å². The van der Waals surface area contributed by atoms with E-state index in [-0.39, 0.29) is 18.5 Å². The van der Waals surface area contributed by atoms with Crippen LogP contribution in [0.15, 0.2) is 0 Å². The number of amides is 3. The highest BCUT2D eigenvalue weighted by atomic mass is 32.2. The molecule has 0 aromatic rings. The van der Waals surface area contributed by atoms with E-state index in [1.807, 2.05) is 0 Å². The van der Waals surface area contributed by atoms with Gasteiger partial charge in [0.15, 0.2) is 0 Å². The SMILES string of the molecule is CNC(=O)NCC(=O)N1CCSC1. The minimum absolute atomic E-state index is 0.0198. The summed E-state index contributed by atoms with van der Waals surface area (Å²) in [4.78, 5) is 23.8. The van der Waals surface area contributed by atoms with Crippen molar-refractivity contribution in [1.82, 2.24) is 15.5 Å². The van der Waals surface area contributed by atoms with Crippen LogP contribution in [0.25, 0.3) is 0 Å². The van der Waals surface area contributed by atoms with Crippen LogP contribution < -0.4 is 10.6 Å². The molecule has 3 amide bonds. The maximum Gasteiger partial charge on any atom is 0.314 e. The normalized spacial score (nSPS) is 15.6. The number of carbonyl (C=O) groups is 2. The van der Waals surface area contributed by atoms with Crippen LogP contribution in [0.3, 0.4) is 0 Å². The lowest BCUT2D eigenvalue weighted by atomic mass is 10.5. The summed E-state index contributed by atoms with van der Waals surface area (Å²) < 4.78 is 0. The molecule has 5 nitrogen and oxygen atoms in total. The van der Waals surface area contributed by atoms with Gasteiger partial charge < -0.3 is 15.5 Å². The first-order valence-electron chi connectivity index (χ1n) is 4.05. The van der Waals surface area contributed by atoms with Crippen molar-refractivity contribution in [3.8, 4) is 0 Å². The van der Waals surface area contributed by atoms with Crippen LogP contribution in [0.1, 0.15) is 0 Å². The molecule has 0 aromatic heterocycles. The minimum Gasteiger partial charge on any atom is -0.341 e. The Morgan fingerprint density at radius 2 is 2.31 bits per heavy atom. The fourth-order valence-electron chi connectivity index (χ4n) is 0.967. The van der Waals surface area contributed by atoms with Crippen molar-refractivity contribution in [2.24, 2.45) is 0 Å². The molecule has 0 bridgehead atoms. The number of thioether (sulfide) groups is 1. The van der Waals surface area contributed by atoms with E-state index < -0.39 is 0 Å². The Morgan fingerprint density at radius 3 is 2.85 bits per heavy atom. The first-order valence-corrected chi connectivity index (χ1v) is 5.20. The molecule has 13 heavy (non-hydrogen) atoms. The molecule has 6 heteroatoms. The molecule has 1 rings (SSSR count). The van der Waals surface area contributed by atoms with Gasteiger partial charge in [0.25, 0.3) is 0 Å². The predicted molar refractivity (Wildman–Crippen MR) is 51.5 cm³/mol. The number of carbonyl (C=O) groups excluding carboxylic acids is 2. The molecule has 2 N–H and O–H groups in total. The average molecular weight is 203 g/mol. The maximum atomic E-state index is 11.3. The molecule has 1 fully saturated rings. The summed E-state index contributed by atoms with van der Waals surface area (Å²) in [5.41, 5.74) is 0. The van der Waals surface area contributed by atoms with Gasteiger partial charge in [-0.3, -0.25) is 4.79 Å². The standard InChI is InChI=1S/C7H13N3O2S/c1-8-7(12)9-4-6(11)10-2-3-13-5-10/h2-5H2,1H3,(H2,8,9,12). The van der Waals surface area contributed by atoms with Gasteiger partial charge in [-0.2, -0.15) is 0 Å². The zero-order valence-corrected chi connectivity index (χ0v) is 8.32. The van der Waals surface area contributed by atoms with Gasteiger partial charge in [0.05, 0.1) is 12.4 Å². The monoisotopic (exact) mass is 203 g/mol. The number of hydrogen-bond donors (Lipinski definition) is 2. The molecule has 1 heterocycles. The Bertz CT molecular complexity index is 204. The van der Waals surface area contributed by atoms with E-state index in [0.29, 0.717) is 0 Å². The predicted octanol–water partition coefficient (Wildman–Crippen LogP) is -0.552. The zero-order valence-electron chi connectivity index (χ0n) is 7.50. The zero-order chi connectivity index (χ0) is 9.68. The maximum absolute atomic E-state index is 11.3. The molecule has 0 aromatic carbocycles. The highest BCUT2D eigenvalue weighted by Gasteiger charge is 2.17. The molecule has 0 unspecified atom stereocenters. The van der Waals surface area contributed by atoms with Gasteiger partial charge in [-0.05, 0) is 0 Å². The first kappa shape index (κ1) is 10.2. The molecule has 0 radical (unpaired) electrons. The Balaban J connectivity index is 2.20. The van der Waals surface area contributed by atoms with E-state index in [2.05, 4.69) is 10.6 Å². The highest BCUT2D eigenvalue weighted by Crippen LogP contribution is 2.12. The van der Waals surface area contributed by atoms with Crippen molar-refractivity contribution in [2.45, 2.75) is 0 Å². The van der Waals surface area contributed by atoms with Gasteiger partial charge >= 0.3 is 6.03 Å². The van der Waals surface area contributed by atoms with Crippen LogP contribution in [-0.4, -0.2) is 48.6 Å². The van der Waals surface area contributed by atoms with E-state index in [0.717, 1.165) is 18.2 Å². The molecule has 1 saturated heterocycles. The lowest BCUT2D eigenvalue weighted by Gasteiger charge is -2.14. The second-order valence-corrected chi connectivity index (χ2v) is 3.70. The third-order valence-corrected chi connectivity index (χ3v) is 2.70. The van der Waals surface area contributed by atoms with Crippen LogP contribution in [0.5, 0.6) is 0 Å². The van der Waals surface area contributed by atoms with E-state index in [1.54, 1.807) is 16.7 Å². The molecule has 1 aliphatic rings. The molecule has 0 saturated carbocycles. The smallest absolute Gasteiger partial charge is 0.314 e. The Hall–Kier alpha value is -0.910. The quantitative estimate of drug-likeness (QED) is 0.633. The van der Waals surface area contributed by atoms with Crippen LogP contribution in [-0.2, 0) is 4.79 Å². The third-order valence-electron chi connectivity index (χ3n) is 1.73. The second kappa shape index (κ2) is 4.96. The van der Waals surface area contributed by atoms with E-state index in [4.69, 9.17) is 0 Å². The Labute approximate surface area is 81.2 Å². The lowest BCUT2D eigenvalue weighted by Crippen LogP contribution is -2.41. The van der Waals surface area contributed by atoms with Crippen molar-refractivity contribution in [3.63, 3.8) is 0 Å². The summed E-state index contributed by atoms with van der Waals surface area (Å²) in [5.74, 6) is 1.72. The molecular weight excluding hydrogens is 190 g/mol. The summed E-state index contributed by atoms with van der Waals surface area (Å²) in [5, 5.41) is 4.84. The molecule has 1 aliphatic heterocycles. The second-order valence-electron chi connectivity index (χ2n) is 2.63. The highest BCUT2D eigenvalue weighted by molar-refractivity contribution is 7.99. The third kappa shape index (κ3) is 3.14. The van der Waals surface area contributed by atoms with Crippen LogP contribution >= 0.6 is 11.8 Å². The molecule has 0 aliphatic carbocycles. The number of hydrogen-bond acceptors (Lipinski definition) is 3. The number of nitrogens with one attached hydrogen (secondary N) is 2. The summed E-state index contributed by atoms with van der Waals surface area (Å²) in [6.45, 7) is 0.874. The molecular formula is C7H13N3O2S. The van der Waals surface area contributed by atoms with Gasteiger partial charge in [0.1, 0.15) is 0 Å². The summed E-state index contributed by atoms with van der Waals surface area (Å²) in [6, 6.07) is -0.319. The fraction of sp³-hybridized carbons (Fsp3) is 0.714.